The highest BCUT2D eigenvalue weighted by molar-refractivity contribution is 7.99. The molecule has 7 nitrogen and oxygen atoms in total. The second-order valence-corrected chi connectivity index (χ2v) is 9.97. The lowest BCUT2D eigenvalue weighted by Crippen LogP contribution is -2.15. The van der Waals surface area contributed by atoms with Gasteiger partial charge in [0.15, 0.2) is 11.0 Å². The lowest BCUT2D eigenvalue weighted by Gasteiger charge is -2.20. The van der Waals surface area contributed by atoms with E-state index < -0.39 is 0 Å². The zero-order valence-electron chi connectivity index (χ0n) is 18.8. The molecule has 3 aromatic rings. The predicted molar refractivity (Wildman–Crippen MR) is 131 cm³/mol. The molecule has 9 heteroatoms. The van der Waals surface area contributed by atoms with E-state index in [2.05, 4.69) is 28.5 Å². The lowest BCUT2D eigenvalue weighted by atomic mass is 9.86. The van der Waals surface area contributed by atoms with E-state index in [1.807, 2.05) is 41.8 Å². The maximum atomic E-state index is 12.7. The van der Waals surface area contributed by atoms with Gasteiger partial charge in [0.05, 0.1) is 11.3 Å². The number of carbonyl (C=O) groups is 1. The number of para-hydroxylation sites is 1. The lowest BCUT2D eigenvalue weighted by molar-refractivity contribution is -0.113. The predicted octanol–water partition coefficient (Wildman–Crippen LogP) is 5.06. The van der Waals surface area contributed by atoms with Crippen molar-refractivity contribution < 1.29 is 9.53 Å². The van der Waals surface area contributed by atoms with Gasteiger partial charge in [0.25, 0.3) is 0 Å². The molecule has 0 saturated heterocycles. The van der Waals surface area contributed by atoms with Crippen LogP contribution in [0.3, 0.4) is 0 Å². The highest BCUT2D eigenvalue weighted by Crippen LogP contribution is 2.40. The number of nitrogens with one attached hydrogen (secondary N) is 1. The number of nitriles is 1. The number of amides is 1. The molecule has 1 aliphatic rings. The van der Waals surface area contributed by atoms with Gasteiger partial charge in [0, 0.05) is 11.4 Å². The van der Waals surface area contributed by atoms with E-state index >= 15 is 0 Å². The van der Waals surface area contributed by atoms with Crippen molar-refractivity contribution in [1.82, 2.24) is 14.8 Å². The summed E-state index contributed by atoms with van der Waals surface area (Å²) in [5, 5.41) is 22.5. The third-order valence-electron chi connectivity index (χ3n) is 5.86. The minimum Gasteiger partial charge on any atom is -0.486 e. The molecular weight excluding hydrogens is 454 g/mol. The number of ether oxygens (including phenoxy) is 1. The number of rotatable bonds is 9. The van der Waals surface area contributed by atoms with Crippen LogP contribution in [-0.4, -0.2) is 26.4 Å². The topological polar surface area (TPSA) is 92.8 Å². The van der Waals surface area contributed by atoms with Gasteiger partial charge < -0.3 is 14.6 Å². The number of hydrogen-bond donors (Lipinski definition) is 1. The maximum Gasteiger partial charge on any atom is 0.235 e. The largest absolute Gasteiger partial charge is 0.486 e. The van der Waals surface area contributed by atoms with Gasteiger partial charge in [-0.2, -0.15) is 5.26 Å². The highest BCUT2D eigenvalue weighted by Gasteiger charge is 2.26. The zero-order valence-corrected chi connectivity index (χ0v) is 20.5. The maximum absolute atomic E-state index is 12.7. The van der Waals surface area contributed by atoms with Crippen LogP contribution in [0.15, 0.2) is 35.5 Å². The molecule has 1 unspecified atom stereocenters. The molecule has 2 heterocycles. The standard InChI is InChI=1S/C24H27N5O2S2/c1-3-16-10-11-18-19(13-25)23(33-20(18)12-16)26-22(30)15-32-24-28-27-21(29(24)4-2)14-31-17-8-6-5-7-9-17/h5-9,16H,3-4,10-12,14-15H2,1-2H3,(H,26,30). The molecule has 0 saturated carbocycles. The van der Waals surface area contributed by atoms with Gasteiger partial charge in [-0.1, -0.05) is 43.3 Å². The van der Waals surface area contributed by atoms with E-state index in [1.165, 1.54) is 16.6 Å². The average Bonchev–Trinajstić information content (AvgIpc) is 3.40. The minimum absolute atomic E-state index is 0.144. The molecule has 4 rings (SSSR count). The molecule has 172 valence electrons. The Bertz CT molecular complexity index is 1150. The molecule has 1 amide bonds. The summed E-state index contributed by atoms with van der Waals surface area (Å²) in [5.41, 5.74) is 1.77. The fraction of sp³-hybridized carbons (Fsp3) is 0.417. The molecule has 0 aliphatic heterocycles. The van der Waals surface area contributed by atoms with Crippen LogP contribution in [0.1, 0.15) is 48.5 Å². The number of thiophene rings is 1. The summed E-state index contributed by atoms with van der Waals surface area (Å²) >= 11 is 2.90. The van der Waals surface area contributed by atoms with Crippen molar-refractivity contribution in [2.75, 3.05) is 11.1 Å². The van der Waals surface area contributed by atoms with Gasteiger partial charge in [-0.15, -0.1) is 21.5 Å². The smallest absolute Gasteiger partial charge is 0.235 e. The van der Waals surface area contributed by atoms with Gasteiger partial charge in [-0.05, 0) is 49.8 Å². The number of fused-ring (bicyclic) bond motifs is 1. The summed E-state index contributed by atoms with van der Waals surface area (Å²) in [5.74, 6) is 2.21. The third kappa shape index (κ3) is 5.40. The number of carbonyl (C=O) groups excluding carboxylic acids is 1. The normalized spacial score (nSPS) is 15.0. The van der Waals surface area contributed by atoms with Gasteiger partial charge in [0.1, 0.15) is 23.4 Å². The van der Waals surface area contributed by atoms with E-state index in [1.54, 1.807) is 11.3 Å². The fourth-order valence-electron chi connectivity index (χ4n) is 4.02. The van der Waals surface area contributed by atoms with Crippen molar-refractivity contribution in [2.24, 2.45) is 5.92 Å². The average molecular weight is 482 g/mol. The summed E-state index contributed by atoms with van der Waals surface area (Å²) < 4.78 is 7.75. The van der Waals surface area contributed by atoms with Gasteiger partial charge in [-0.3, -0.25) is 4.79 Å². The van der Waals surface area contributed by atoms with Crippen LogP contribution >= 0.6 is 23.1 Å². The van der Waals surface area contributed by atoms with Crippen LogP contribution < -0.4 is 10.1 Å². The Hall–Kier alpha value is -2.83. The van der Waals surface area contributed by atoms with E-state index in [0.717, 1.165) is 37.0 Å². The first kappa shape index (κ1) is 23.3. The van der Waals surface area contributed by atoms with Crippen LogP contribution in [0.4, 0.5) is 5.00 Å². The first-order chi connectivity index (χ1) is 16.1. The third-order valence-corrected chi connectivity index (χ3v) is 8.00. The molecule has 33 heavy (non-hydrogen) atoms. The number of hydrogen-bond acceptors (Lipinski definition) is 7. The SMILES string of the molecule is CCC1CCc2c(sc(NC(=O)CSc3nnc(COc4ccccc4)n3CC)c2C#N)C1. The molecule has 2 aromatic heterocycles. The van der Waals surface area contributed by atoms with Crippen LogP contribution in [-0.2, 0) is 30.8 Å². The molecule has 0 spiro atoms. The second kappa shape index (κ2) is 10.9. The van der Waals surface area contributed by atoms with Crippen molar-refractivity contribution in [3.63, 3.8) is 0 Å². The van der Waals surface area contributed by atoms with Crippen LogP contribution in [0.25, 0.3) is 0 Å². The second-order valence-electron chi connectivity index (χ2n) is 7.92. The van der Waals surface area contributed by atoms with E-state index in [9.17, 15) is 10.1 Å². The zero-order chi connectivity index (χ0) is 23.2. The van der Waals surface area contributed by atoms with Crippen molar-refractivity contribution in [1.29, 1.82) is 5.26 Å². The van der Waals surface area contributed by atoms with Gasteiger partial charge >= 0.3 is 0 Å². The molecule has 0 fully saturated rings. The Morgan fingerprint density at radius 2 is 2.15 bits per heavy atom. The number of anilines is 1. The molecular formula is C24H27N5O2S2. The molecule has 1 N–H and O–H groups in total. The minimum atomic E-state index is -0.144. The van der Waals surface area contributed by atoms with E-state index in [-0.39, 0.29) is 11.7 Å². The summed E-state index contributed by atoms with van der Waals surface area (Å²) in [6.07, 6.45) is 4.18. The molecule has 1 atom stereocenters. The Morgan fingerprint density at radius 3 is 2.88 bits per heavy atom. The first-order valence-electron chi connectivity index (χ1n) is 11.2. The number of thioether (sulfide) groups is 1. The summed E-state index contributed by atoms with van der Waals surface area (Å²) in [6, 6.07) is 11.9. The fourth-order valence-corrected chi connectivity index (χ4v) is 6.17. The summed E-state index contributed by atoms with van der Waals surface area (Å²) in [6.45, 7) is 5.21. The monoisotopic (exact) mass is 481 g/mol. The summed E-state index contributed by atoms with van der Waals surface area (Å²) in [4.78, 5) is 13.9. The van der Waals surface area contributed by atoms with Crippen LogP contribution in [0.5, 0.6) is 5.75 Å². The van der Waals surface area contributed by atoms with Crippen LogP contribution in [0, 0.1) is 17.2 Å². The molecule has 1 aliphatic carbocycles. The molecule has 0 radical (unpaired) electrons. The van der Waals surface area contributed by atoms with Gasteiger partial charge in [-0.25, -0.2) is 0 Å². The summed E-state index contributed by atoms with van der Waals surface area (Å²) in [7, 11) is 0. The van der Waals surface area contributed by atoms with Crippen molar-refractivity contribution in [3.8, 4) is 11.8 Å². The van der Waals surface area contributed by atoms with Gasteiger partial charge in [0.2, 0.25) is 5.91 Å². The van der Waals surface area contributed by atoms with Crippen molar-refractivity contribution >= 4 is 34.0 Å². The number of aromatic nitrogens is 3. The Labute approximate surface area is 202 Å². The first-order valence-corrected chi connectivity index (χ1v) is 13.0. The highest BCUT2D eigenvalue weighted by atomic mass is 32.2. The number of nitrogens with zero attached hydrogens (tertiary/aromatic N) is 4. The van der Waals surface area contributed by atoms with Crippen molar-refractivity contribution in [2.45, 2.75) is 57.8 Å². The van der Waals surface area contributed by atoms with E-state index in [4.69, 9.17) is 4.74 Å². The van der Waals surface area contributed by atoms with Crippen molar-refractivity contribution in [3.05, 3.63) is 52.2 Å². The Kier molecular flexibility index (Phi) is 7.68. The Balaban J connectivity index is 1.37. The molecule has 1 aromatic carbocycles. The van der Waals surface area contributed by atoms with Crippen LogP contribution in [0.2, 0.25) is 0 Å². The molecule has 0 bridgehead atoms. The number of benzene rings is 1. The van der Waals surface area contributed by atoms with E-state index in [0.29, 0.717) is 40.6 Å². The Morgan fingerprint density at radius 1 is 1.33 bits per heavy atom. The quantitative estimate of drug-likeness (QED) is 0.430.